The number of likely N-dealkylation sites (N-methyl/N-ethyl adjacent to an activating group) is 1. The second kappa shape index (κ2) is 5.45. The lowest BCUT2D eigenvalue weighted by molar-refractivity contribution is 0.289. The Kier molecular flexibility index (Phi) is 3.94. The normalized spacial score (nSPS) is 15.3. The molecule has 4 heteroatoms. The standard InChI is InChI=1S/C13H22N4/c1-4-17(12-5-6-12)8-7-14-13-15-10(2)9-11(3)16-13/h9,12H,4-8H2,1-3H3,(H,14,15,16). The molecule has 1 aliphatic carbocycles. The summed E-state index contributed by atoms with van der Waals surface area (Å²) in [5, 5.41) is 3.31. The van der Waals surface area contributed by atoms with E-state index < -0.39 is 0 Å². The van der Waals surface area contributed by atoms with Crippen molar-refractivity contribution in [3.63, 3.8) is 0 Å². The molecule has 17 heavy (non-hydrogen) atoms. The summed E-state index contributed by atoms with van der Waals surface area (Å²) in [6.07, 6.45) is 2.74. The van der Waals surface area contributed by atoms with Crippen LogP contribution in [0.2, 0.25) is 0 Å². The summed E-state index contributed by atoms with van der Waals surface area (Å²) in [7, 11) is 0. The van der Waals surface area contributed by atoms with E-state index in [2.05, 4.69) is 27.1 Å². The number of aryl methyl sites for hydroxylation is 2. The van der Waals surface area contributed by atoms with Gasteiger partial charge in [0, 0.05) is 30.5 Å². The molecule has 94 valence electrons. The van der Waals surface area contributed by atoms with Crippen LogP contribution in [-0.2, 0) is 0 Å². The molecule has 0 aliphatic heterocycles. The molecule has 0 saturated heterocycles. The molecule has 1 fully saturated rings. The first kappa shape index (κ1) is 12.3. The predicted molar refractivity (Wildman–Crippen MR) is 70.3 cm³/mol. The molecule has 0 amide bonds. The average molecular weight is 234 g/mol. The SMILES string of the molecule is CCN(CCNc1nc(C)cc(C)n1)C1CC1. The Balaban J connectivity index is 1.80. The van der Waals surface area contributed by atoms with Gasteiger partial charge in [0.05, 0.1) is 0 Å². The van der Waals surface area contributed by atoms with Crippen LogP contribution in [0.3, 0.4) is 0 Å². The number of aromatic nitrogens is 2. The lowest BCUT2D eigenvalue weighted by Gasteiger charge is -2.19. The molecule has 1 aliphatic rings. The third-order valence-corrected chi connectivity index (χ3v) is 3.13. The van der Waals surface area contributed by atoms with Gasteiger partial charge in [-0.1, -0.05) is 6.92 Å². The molecule has 0 radical (unpaired) electrons. The number of hydrogen-bond donors (Lipinski definition) is 1. The molecule has 4 nitrogen and oxygen atoms in total. The highest BCUT2D eigenvalue weighted by molar-refractivity contribution is 5.27. The van der Waals surface area contributed by atoms with E-state index in [0.717, 1.165) is 43.0 Å². The molecule has 0 bridgehead atoms. The molecule has 1 aromatic heterocycles. The van der Waals surface area contributed by atoms with Crippen molar-refractivity contribution in [3.8, 4) is 0 Å². The first-order chi connectivity index (χ1) is 8.19. The molecule has 0 unspecified atom stereocenters. The van der Waals surface area contributed by atoms with Crippen molar-refractivity contribution in [2.75, 3.05) is 25.0 Å². The average Bonchev–Trinajstić information content (AvgIpc) is 3.07. The van der Waals surface area contributed by atoms with E-state index in [1.807, 2.05) is 19.9 Å². The van der Waals surface area contributed by atoms with Gasteiger partial charge in [0.1, 0.15) is 0 Å². The fraction of sp³-hybridized carbons (Fsp3) is 0.692. The highest BCUT2D eigenvalue weighted by Crippen LogP contribution is 2.25. The molecule has 0 atom stereocenters. The van der Waals surface area contributed by atoms with E-state index in [4.69, 9.17) is 0 Å². The zero-order valence-corrected chi connectivity index (χ0v) is 11.0. The number of nitrogens with zero attached hydrogens (tertiary/aromatic N) is 3. The topological polar surface area (TPSA) is 41.0 Å². The molecule has 1 heterocycles. The molecule has 1 aromatic rings. The minimum Gasteiger partial charge on any atom is -0.353 e. The first-order valence-electron chi connectivity index (χ1n) is 6.49. The summed E-state index contributed by atoms with van der Waals surface area (Å²) in [6.45, 7) is 9.38. The molecule has 1 N–H and O–H groups in total. The third-order valence-electron chi connectivity index (χ3n) is 3.13. The van der Waals surface area contributed by atoms with Gasteiger partial charge >= 0.3 is 0 Å². The molecular weight excluding hydrogens is 212 g/mol. The summed E-state index contributed by atoms with van der Waals surface area (Å²) in [4.78, 5) is 11.3. The van der Waals surface area contributed by atoms with Crippen molar-refractivity contribution in [1.29, 1.82) is 0 Å². The number of rotatable bonds is 6. The minimum atomic E-state index is 0.759. The van der Waals surface area contributed by atoms with E-state index in [-0.39, 0.29) is 0 Å². The largest absolute Gasteiger partial charge is 0.353 e. The van der Waals surface area contributed by atoms with Gasteiger partial charge in [-0.25, -0.2) is 9.97 Å². The van der Waals surface area contributed by atoms with Crippen LogP contribution < -0.4 is 5.32 Å². The van der Waals surface area contributed by atoms with Gasteiger partial charge in [0.2, 0.25) is 5.95 Å². The highest BCUT2D eigenvalue weighted by Gasteiger charge is 2.27. The Morgan fingerprint density at radius 1 is 1.29 bits per heavy atom. The zero-order chi connectivity index (χ0) is 12.3. The number of hydrogen-bond acceptors (Lipinski definition) is 4. The van der Waals surface area contributed by atoms with Gasteiger partial charge < -0.3 is 5.32 Å². The second-order valence-electron chi connectivity index (χ2n) is 4.76. The van der Waals surface area contributed by atoms with Crippen LogP contribution in [0.25, 0.3) is 0 Å². The van der Waals surface area contributed by atoms with E-state index in [1.54, 1.807) is 0 Å². The van der Waals surface area contributed by atoms with Crippen molar-refractivity contribution >= 4 is 5.95 Å². The van der Waals surface area contributed by atoms with Gasteiger partial charge in [-0.3, -0.25) is 4.90 Å². The molecule has 0 aromatic carbocycles. The minimum absolute atomic E-state index is 0.759. The Bertz CT molecular complexity index is 353. The van der Waals surface area contributed by atoms with E-state index in [1.165, 1.54) is 12.8 Å². The van der Waals surface area contributed by atoms with Crippen molar-refractivity contribution in [2.24, 2.45) is 0 Å². The summed E-state index contributed by atoms with van der Waals surface area (Å²) >= 11 is 0. The quantitative estimate of drug-likeness (QED) is 0.817. The maximum absolute atomic E-state index is 4.38. The lowest BCUT2D eigenvalue weighted by atomic mass is 10.3. The van der Waals surface area contributed by atoms with Crippen LogP contribution in [0.15, 0.2) is 6.07 Å². The first-order valence-corrected chi connectivity index (χ1v) is 6.49. The number of nitrogens with one attached hydrogen (secondary N) is 1. The summed E-state index contributed by atoms with van der Waals surface area (Å²) in [6, 6.07) is 2.83. The Hall–Kier alpha value is -1.16. The zero-order valence-electron chi connectivity index (χ0n) is 11.0. The van der Waals surface area contributed by atoms with Crippen molar-refractivity contribution < 1.29 is 0 Å². The van der Waals surface area contributed by atoms with Crippen molar-refractivity contribution in [2.45, 2.75) is 39.7 Å². The fourth-order valence-electron chi connectivity index (χ4n) is 2.15. The van der Waals surface area contributed by atoms with Crippen LogP contribution in [0.5, 0.6) is 0 Å². The number of anilines is 1. The van der Waals surface area contributed by atoms with Crippen LogP contribution in [0.1, 0.15) is 31.2 Å². The van der Waals surface area contributed by atoms with Crippen LogP contribution >= 0.6 is 0 Å². The Morgan fingerprint density at radius 3 is 2.47 bits per heavy atom. The molecule has 1 saturated carbocycles. The summed E-state index contributed by atoms with van der Waals surface area (Å²) < 4.78 is 0. The lowest BCUT2D eigenvalue weighted by Crippen LogP contribution is -2.31. The maximum atomic E-state index is 4.38. The van der Waals surface area contributed by atoms with Crippen LogP contribution in [0.4, 0.5) is 5.95 Å². The Morgan fingerprint density at radius 2 is 1.94 bits per heavy atom. The van der Waals surface area contributed by atoms with Crippen LogP contribution in [-0.4, -0.2) is 40.5 Å². The van der Waals surface area contributed by atoms with E-state index >= 15 is 0 Å². The molecule has 2 rings (SSSR count). The maximum Gasteiger partial charge on any atom is 0.223 e. The summed E-state index contributed by atoms with van der Waals surface area (Å²) in [5.41, 5.74) is 2.05. The predicted octanol–water partition coefficient (Wildman–Crippen LogP) is 1.99. The van der Waals surface area contributed by atoms with Crippen LogP contribution in [0, 0.1) is 13.8 Å². The smallest absolute Gasteiger partial charge is 0.223 e. The van der Waals surface area contributed by atoms with Gasteiger partial charge in [-0.15, -0.1) is 0 Å². The van der Waals surface area contributed by atoms with Gasteiger partial charge in [0.25, 0.3) is 0 Å². The fourth-order valence-corrected chi connectivity index (χ4v) is 2.15. The van der Waals surface area contributed by atoms with E-state index in [0.29, 0.717) is 0 Å². The third kappa shape index (κ3) is 3.66. The summed E-state index contributed by atoms with van der Waals surface area (Å²) in [5.74, 6) is 0.759. The monoisotopic (exact) mass is 234 g/mol. The Labute approximate surface area is 103 Å². The van der Waals surface area contributed by atoms with E-state index in [9.17, 15) is 0 Å². The van der Waals surface area contributed by atoms with Crippen molar-refractivity contribution in [3.05, 3.63) is 17.5 Å². The van der Waals surface area contributed by atoms with Crippen molar-refractivity contribution in [1.82, 2.24) is 14.9 Å². The van der Waals surface area contributed by atoms with Gasteiger partial charge in [0.15, 0.2) is 0 Å². The highest BCUT2D eigenvalue weighted by atomic mass is 15.2. The van der Waals surface area contributed by atoms with Gasteiger partial charge in [-0.05, 0) is 39.3 Å². The molecular formula is C13H22N4. The molecule has 0 spiro atoms. The van der Waals surface area contributed by atoms with Gasteiger partial charge in [-0.2, -0.15) is 0 Å². The second-order valence-corrected chi connectivity index (χ2v) is 4.76.